The van der Waals surface area contributed by atoms with E-state index in [-0.39, 0.29) is 12.0 Å². The Labute approximate surface area is 74.6 Å². The van der Waals surface area contributed by atoms with E-state index in [2.05, 4.69) is 6.92 Å². The van der Waals surface area contributed by atoms with Crippen LogP contribution in [0.5, 0.6) is 0 Å². The number of rotatable bonds is 3. The summed E-state index contributed by atoms with van der Waals surface area (Å²) in [5.74, 6) is 0.358. The van der Waals surface area contributed by atoms with Crippen molar-refractivity contribution in [1.29, 1.82) is 0 Å². The highest BCUT2D eigenvalue weighted by molar-refractivity contribution is 4.99. The maximum atomic E-state index is 9.82. The van der Waals surface area contributed by atoms with Gasteiger partial charge in [0.25, 0.3) is 0 Å². The Balaban J connectivity index is 2.58. The van der Waals surface area contributed by atoms with Gasteiger partial charge in [-0.3, -0.25) is 0 Å². The predicted molar refractivity (Wildman–Crippen MR) is 48.8 cm³/mol. The fourth-order valence-electron chi connectivity index (χ4n) is 2.54. The van der Waals surface area contributed by atoms with E-state index >= 15 is 0 Å². The molecular formula is C10H20O2. The molecule has 1 fully saturated rings. The molecule has 0 bridgehead atoms. The Bertz CT molecular complexity index is 160. The molecule has 1 aliphatic carbocycles. The normalized spacial score (nSPS) is 36.2. The van der Waals surface area contributed by atoms with Gasteiger partial charge in [0.2, 0.25) is 0 Å². The lowest BCUT2D eigenvalue weighted by atomic mass is 9.54. The van der Waals surface area contributed by atoms with E-state index < -0.39 is 5.60 Å². The van der Waals surface area contributed by atoms with Gasteiger partial charge in [-0.05, 0) is 44.4 Å². The molecule has 0 radical (unpaired) electrons. The zero-order valence-electron chi connectivity index (χ0n) is 8.30. The van der Waals surface area contributed by atoms with E-state index in [9.17, 15) is 5.11 Å². The minimum absolute atomic E-state index is 0.174. The van der Waals surface area contributed by atoms with Crippen LogP contribution in [0.15, 0.2) is 0 Å². The predicted octanol–water partition coefficient (Wildman–Crippen LogP) is 1.56. The molecule has 0 amide bonds. The molecule has 72 valence electrons. The van der Waals surface area contributed by atoms with E-state index in [1.165, 1.54) is 0 Å². The first-order chi connectivity index (χ1) is 5.40. The number of aliphatic hydroxyl groups excluding tert-OH is 1. The van der Waals surface area contributed by atoms with E-state index in [1.807, 2.05) is 13.8 Å². The summed E-state index contributed by atoms with van der Waals surface area (Å²) in [7, 11) is 0. The first kappa shape index (κ1) is 10.0. The van der Waals surface area contributed by atoms with Crippen LogP contribution in [0.25, 0.3) is 0 Å². The van der Waals surface area contributed by atoms with Crippen molar-refractivity contribution in [2.75, 3.05) is 6.61 Å². The summed E-state index contributed by atoms with van der Waals surface area (Å²) in [4.78, 5) is 0. The van der Waals surface area contributed by atoms with Crippen LogP contribution in [0.3, 0.4) is 0 Å². The Morgan fingerprint density at radius 1 is 1.50 bits per heavy atom. The third-order valence-corrected chi connectivity index (χ3v) is 3.38. The van der Waals surface area contributed by atoms with E-state index in [1.54, 1.807) is 0 Å². The summed E-state index contributed by atoms with van der Waals surface area (Å²) in [5.41, 5.74) is -0.408. The van der Waals surface area contributed by atoms with Crippen molar-refractivity contribution < 1.29 is 10.2 Å². The average molecular weight is 172 g/mol. The lowest BCUT2D eigenvalue weighted by Crippen LogP contribution is -2.50. The second kappa shape index (κ2) is 3.00. The summed E-state index contributed by atoms with van der Waals surface area (Å²) < 4.78 is 0. The quantitative estimate of drug-likeness (QED) is 0.678. The highest BCUT2D eigenvalue weighted by Gasteiger charge is 2.48. The molecule has 1 saturated carbocycles. The molecule has 2 N–H and O–H groups in total. The third kappa shape index (κ3) is 1.64. The van der Waals surface area contributed by atoms with Crippen LogP contribution >= 0.6 is 0 Å². The van der Waals surface area contributed by atoms with Gasteiger partial charge in [0.1, 0.15) is 0 Å². The topological polar surface area (TPSA) is 40.5 Å². The van der Waals surface area contributed by atoms with E-state index in [4.69, 9.17) is 5.11 Å². The third-order valence-electron chi connectivity index (χ3n) is 3.38. The fourth-order valence-corrected chi connectivity index (χ4v) is 2.54. The van der Waals surface area contributed by atoms with Gasteiger partial charge in [-0.1, -0.05) is 6.92 Å². The van der Waals surface area contributed by atoms with Gasteiger partial charge >= 0.3 is 0 Å². The number of hydrogen-bond acceptors (Lipinski definition) is 2. The van der Waals surface area contributed by atoms with Crippen LogP contribution in [0, 0.1) is 11.3 Å². The molecule has 0 spiro atoms. The molecule has 2 atom stereocenters. The summed E-state index contributed by atoms with van der Waals surface area (Å²) in [6, 6.07) is 0. The molecule has 2 heteroatoms. The van der Waals surface area contributed by atoms with Crippen LogP contribution in [-0.4, -0.2) is 22.4 Å². The molecular weight excluding hydrogens is 152 g/mol. The molecule has 0 aliphatic heterocycles. The minimum atomic E-state index is -0.581. The molecule has 0 saturated heterocycles. The van der Waals surface area contributed by atoms with Gasteiger partial charge in [-0.15, -0.1) is 0 Å². The van der Waals surface area contributed by atoms with Crippen LogP contribution in [0.4, 0.5) is 0 Å². The van der Waals surface area contributed by atoms with Gasteiger partial charge in [-0.25, -0.2) is 0 Å². The minimum Gasteiger partial charge on any atom is -0.396 e. The molecule has 1 aliphatic rings. The Kier molecular flexibility index (Phi) is 2.50. The number of aliphatic hydroxyl groups is 2. The highest BCUT2D eigenvalue weighted by atomic mass is 16.3. The maximum Gasteiger partial charge on any atom is 0.0625 e. The molecule has 0 aromatic rings. The highest BCUT2D eigenvalue weighted by Crippen LogP contribution is 2.53. The van der Waals surface area contributed by atoms with Crippen LogP contribution in [0.2, 0.25) is 0 Å². The monoisotopic (exact) mass is 172 g/mol. The summed E-state index contributed by atoms with van der Waals surface area (Å²) >= 11 is 0. The fraction of sp³-hybridized carbons (Fsp3) is 1.00. The van der Waals surface area contributed by atoms with Gasteiger partial charge in [0.05, 0.1) is 5.60 Å². The van der Waals surface area contributed by atoms with Crippen molar-refractivity contribution in [1.82, 2.24) is 0 Å². The summed E-state index contributed by atoms with van der Waals surface area (Å²) in [6.45, 7) is 6.14. The van der Waals surface area contributed by atoms with Crippen molar-refractivity contribution in [3.05, 3.63) is 0 Å². The van der Waals surface area contributed by atoms with E-state index in [0.29, 0.717) is 5.92 Å². The standard InChI is InChI=1S/C10H20O2/c1-9(2,12)8-4-5-10(8,3)6-7-11/h8,11-12H,4-7H2,1-3H3/t8-,10+/m0/s1. The van der Waals surface area contributed by atoms with Gasteiger partial charge in [0, 0.05) is 6.61 Å². The van der Waals surface area contributed by atoms with Crippen molar-refractivity contribution in [2.24, 2.45) is 11.3 Å². The van der Waals surface area contributed by atoms with Crippen molar-refractivity contribution >= 4 is 0 Å². The Morgan fingerprint density at radius 2 is 2.08 bits per heavy atom. The number of hydrogen-bond donors (Lipinski definition) is 2. The zero-order chi connectivity index (χ0) is 9.41. The molecule has 0 heterocycles. The van der Waals surface area contributed by atoms with E-state index in [0.717, 1.165) is 19.3 Å². The van der Waals surface area contributed by atoms with Crippen LogP contribution in [0.1, 0.15) is 40.0 Å². The Hall–Kier alpha value is -0.0800. The lowest BCUT2D eigenvalue weighted by molar-refractivity contribution is -0.112. The second-order valence-corrected chi connectivity index (χ2v) is 4.87. The van der Waals surface area contributed by atoms with Crippen molar-refractivity contribution in [2.45, 2.75) is 45.6 Å². The molecule has 0 unspecified atom stereocenters. The van der Waals surface area contributed by atoms with Crippen molar-refractivity contribution in [3.63, 3.8) is 0 Å². The summed E-state index contributed by atoms with van der Waals surface area (Å²) in [5, 5.41) is 18.7. The van der Waals surface area contributed by atoms with Crippen LogP contribution in [-0.2, 0) is 0 Å². The molecule has 12 heavy (non-hydrogen) atoms. The average Bonchev–Trinajstić information content (AvgIpc) is 1.82. The molecule has 0 aromatic heterocycles. The van der Waals surface area contributed by atoms with Gasteiger partial charge < -0.3 is 10.2 Å². The van der Waals surface area contributed by atoms with Crippen LogP contribution < -0.4 is 0 Å². The first-order valence-electron chi connectivity index (χ1n) is 4.73. The molecule has 0 aromatic carbocycles. The zero-order valence-corrected chi connectivity index (χ0v) is 8.30. The van der Waals surface area contributed by atoms with Crippen molar-refractivity contribution in [3.8, 4) is 0 Å². The molecule has 1 rings (SSSR count). The largest absolute Gasteiger partial charge is 0.396 e. The summed E-state index contributed by atoms with van der Waals surface area (Å²) in [6.07, 6.45) is 3.06. The van der Waals surface area contributed by atoms with Gasteiger partial charge in [-0.2, -0.15) is 0 Å². The maximum absolute atomic E-state index is 9.82. The molecule has 2 nitrogen and oxygen atoms in total. The first-order valence-corrected chi connectivity index (χ1v) is 4.73. The van der Waals surface area contributed by atoms with Gasteiger partial charge in [0.15, 0.2) is 0 Å². The smallest absolute Gasteiger partial charge is 0.0625 e. The SMILES string of the molecule is CC(C)(O)[C@@H]1CC[C@]1(C)CCO. The Morgan fingerprint density at radius 3 is 2.33 bits per heavy atom. The second-order valence-electron chi connectivity index (χ2n) is 4.87. The lowest BCUT2D eigenvalue weighted by Gasteiger charge is -2.52.